The van der Waals surface area contributed by atoms with Crippen LogP contribution in [-0.2, 0) is 11.5 Å². The third-order valence-electron chi connectivity index (χ3n) is 3.26. The molecule has 0 atom stereocenters. The van der Waals surface area contributed by atoms with Crippen molar-refractivity contribution in [2.24, 2.45) is 0 Å². The molecule has 96 valence electrons. The highest BCUT2D eigenvalue weighted by Crippen LogP contribution is 2.36. The summed E-state index contributed by atoms with van der Waals surface area (Å²) in [5, 5.41) is 1.37. The van der Waals surface area contributed by atoms with Crippen LogP contribution in [0.2, 0.25) is 0 Å². The van der Waals surface area contributed by atoms with Crippen LogP contribution in [0.15, 0.2) is 24.3 Å². The maximum absolute atomic E-state index is 8.51. The van der Waals surface area contributed by atoms with Gasteiger partial charge in [0.05, 0.1) is 15.2 Å². The van der Waals surface area contributed by atoms with Gasteiger partial charge in [-0.3, -0.25) is 0 Å². The Morgan fingerprint density at radius 2 is 1.89 bits per heavy atom. The Labute approximate surface area is 114 Å². The summed E-state index contributed by atoms with van der Waals surface area (Å²) < 4.78 is 15.4. The summed E-state index contributed by atoms with van der Waals surface area (Å²) in [6, 6.07) is 8.48. The molecular weight excluding hydrogens is 264 g/mol. The fraction of sp³-hybridized carbons (Fsp3) is 0.462. The Balaban J connectivity index is 0.000000367. The summed E-state index contributed by atoms with van der Waals surface area (Å²) in [5.41, 5.74) is 1.18. The van der Waals surface area contributed by atoms with Gasteiger partial charge >= 0.3 is 0 Å². The average Bonchev–Trinajstić information content (AvgIpc) is 2.84. The van der Waals surface area contributed by atoms with Crippen molar-refractivity contribution in [2.45, 2.75) is 38.0 Å². The Morgan fingerprint density at radius 3 is 2.56 bits per heavy atom. The van der Waals surface area contributed by atoms with Gasteiger partial charge in [-0.2, -0.15) is 4.21 Å². The van der Waals surface area contributed by atoms with Gasteiger partial charge in [0, 0.05) is 5.92 Å². The molecule has 1 heterocycles. The molecule has 0 radical (unpaired) electrons. The molecular formula is C13H16N2OS2. The third kappa shape index (κ3) is 3.23. The first-order valence-electron chi connectivity index (χ1n) is 6.16. The van der Waals surface area contributed by atoms with Gasteiger partial charge < -0.3 is 0 Å². The van der Waals surface area contributed by atoms with Crippen LogP contribution in [-0.4, -0.2) is 9.19 Å². The molecule has 0 spiro atoms. The molecule has 0 amide bonds. The minimum absolute atomic E-state index is 0.250. The number of aromatic nitrogens is 1. The number of fused-ring (bicyclic) bond motifs is 1. The van der Waals surface area contributed by atoms with Gasteiger partial charge in [0.25, 0.3) is 0 Å². The van der Waals surface area contributed by atoms with Crippen LogP contribution in [0.4, 0.5) is 0 Å². The summed E-state index contributed by atoms with van der Waals surface area (Å²) in [7, 11) is 0. The van der Waals surface area contributed by atoms with Crippen LogP contribution in [0.5, 0.6) is 0 Å². The zero-order valence-electron chi connectivity index (χ0n) is 10.1. The van der Waals surface area contributed by atoms with E-state index in [0.717, 1.165) is 5.92 Å². The first-order valence-corrected chi connectivity index (χ1v) is 7.72. The topological polar surface area (TPSA) is 53.8 Å². The molecule has 0 aliphatic heterocycles. The number of hydrogen-bond acceptors (Lipinski definition) is 4. The summed E-state index contributed by atoms with van der Waals surface area (Å²) in [5.74, 6) is 0.746. The van der Waals surface area contributed by atoms with Crippen LogP contribution in [0.3, 0.4) is 0 Å². The number of hydrogen-bond donors (Lipinski definition) is 1. The largest absolute Gasteiger partial charge is 0.241 e. The molecule has 1 aromatic carbocycles. The molecule has 0 saturated heterocycles. The van der Waals surface area contributed by atoms with Crippen molar-refractivity contribution in [3.63, 3.8) is 0 Å². The normalized spacial score (nSPS) is 16.0. The van der Waals surface area contributed by atoms with E-state index in [2.05, 4.69) is 24.3 Å². The lowest BCUT2D eigenvalue weighted by Gasteiger charge is -2.18. The monoisotopic (exact) mass is 280 g/mol. The number of rotatable bonds is 1. The summed E-state index contributed by atoms with van der Waals surface area (Å²) >= 11 is 1.64. The molecule has 2 aromatic rings. The van der Waals surface area contributed by atoms with Gasteiger partial charge in [-0.1, -0.05) is 31.4 Å². The van der Waals surface area contributed by atoms with Crippen molar-refractivity contribution in [1.29, 1.82) is 4.78 Å². The zero-order chi connectivity index (χ0) is 12.8. The molecule has 1 aromatic heterocycles. The van der Waals surface area contributed by atoms with E-state index in [1.165, 1.54) is 47.3 Å². The standard InChI is InChI=1S/C13H15NS.HNOS/c1-2-6-10(7-3-1)13-14-11-8-4-5-9-12(11)15-13;1-3-2/h4-5,8-10H,1-3,6-7H2;1H. The van der Waals surface area contributed by atoms with Crippen molar-refractivity contribution >= 4 is 33.0 Å². The van der Waals surface area contributed by atoms with Crippen LogP contribution in [0.1, 0.15) is 43.0 Å². The summed E-state index contributed by atoms with van der Waals surface area (Å²) in [6.45, 7) is 0. The number of nitrogens with one attached hydrogen (secondary N) is 1. The molecule has 5 heteroatoms. The number of para-hydroxylation sites is 1. The van der Waals surface area contributed by atoms with E-state index in [9.17, 15) is 0 Å². The molecule has 0 bridgehead atoms. The Morgan fingerprint density at radius 1 is 1.22 bits per heavy atom. The lowest BCUT2D eigenvalue weighted by molar-refractivity contribution is 0.443. The number of benzene rings is 1. The zero-order valence-corrected chi connectivity index (χ0v) is 11.7. The maximum Gasteiger partial charge on any atom is 0.196 e. The van der Waals surface area contributed by atoms with E-state index in [-0.39, 0.29) is 11.5 Å². The Kier molecular flexibility index (Phi) is 5.01. The van der Waals surface area contributed by atoms with Crippen LogP contribution < -0.4 is 0 Å². The van der Waals surface area contributed by atoms with Gasteiger partial charge in [0.2, 0.25) is 0 Å². The van der Waals surface area contributed by atoms with E-state index in [1.54, 1.807) is 0 Å². The van der Waals surface area contributed by atoms with Gasteiger partial charge in [-0.05, 0) is 25.0 Å². The van der Waals surface area contributed by atoms with Crippen LogP contribution >= 0.6 is 11.3 Å². The third-order valence-corrected chi connectivity index (χ3v) is 4.46. The van der Waals surface area contributed by atoms with E-state index in [0.29, 0.717) is 0 Å². The van der Waals surface area contributed by atoms with Crippen LogP contribution in [0.25, 0.3) is 10.2 Å². The first kappa shape index (κ1) is 13.4. The van der Waals surface area contributed by atoms with Crippen molar-refractivity contribution in [2.75, 3.05) is 0 Å². The molecule has 1 saturated carbocycles. The SMILES string of the molecule is N=S=O.c1ccc2sc(C3CCCCC3)nc2c1. The highest BCUT2D eigenvalue weighted by Gasteiger charge is 2.18. The summed E-state index contributed by atoms with van der Waals surface area (Å²) in [4.78, 5) is 4.75. The maximum atomic E-state index is 8.51. The van der Waals surface area contributed by atoms with Gasteiger partial charge in [-0.25, -0.2) is 9.76 Å². The van der Waals surface area contributed by atoms with E-state index < -0.39 is 0 Å². The highest BCUT2D eigenvalue weighted by atomic mass is 32.1. The smallest absolute Gasteiger partial charge is 0.196 e. The van der Waals surface area contributed by atoms with Gasteiger partial charge in [0.1, 0.15) is 0 Å². The lowest BCUT2D eigenvalue weighted by Crippen LogP contribution is -2.03. The highest BCUT2D eigenvalue weighted by molar-refractivity contribution is 7.53. The van der Waals surface area contributed by atoms with Gasteiger partial charge in [0.15, 0.2) is 11.5 Å². The molecule has 1 aliphatic carbocycles. The predicted molar refractivity (Wildman–Crippen MR) is 76.3 cm³/mol. The fourth-order valence-electron chi connectivity index (χ4n) is 2.41. The van der Waals surface area contributed by atoms with E-state index in [1.807, 2.05) is 11.3 Å². The minimum atomic E-state index is -0.250. The molecule has 1 aliphatic rings. The fourth-order valence-corrected chi connectivity index (χ4v) is 3.55. The molecule has 1 fully saturated rings. The second kappa shape index (κ2) is 6.75. The Hall–Kier alpha value is -1.07. The quantitative estimate of drug-likeness (QED) is 0.846. The van der Waals surface area contributed by atoms with Crippen molar-refractivity contribution < 1.29 is 4.21 Å². The number of nitrogens with zero attached hydrogens (tertiary/aromatic N) is 1. The van der Waals surface area contributed by atoms with Crippen molar-refractivity contribution in [3.05, 3.63) is 29.3 Å². The molecule has 0 unspecified atom stereocenters. The number of thiazole rings is 1. The Bertz CT molecular complexity index is 508. The predicted octanol–water partition coefficient (Wildman–Crippen LogP) is 4.31. The summed E-state index contributed by atoms with van der Waals surface area (Å²) in [6.07, 6.45) is 6.89. The molecule has 3 nitrogen and oxygen atoms in total. The van der Waals surface area contributed by atoms with Gasteiger partial charge in [-0.15, -0.1) is 11.3 Å². The van der Waals surface area contributed by atoms with Crippen molar-refractivity contribution in [3.8, 4) is 0 Å². The minimum Gasteiger partial charge on any atom is -0.241 e. The second-order valence-electron chi connectivity index (χ2n) is 4.44. The lowest BCUT2D eigenvalue weighted by atomic mass is 9.90. The van der Waals surface area contributed by atoms with E-state index in [4.69, 9.17) is 14.0 Å². The molecule has 1 N–H and O–H groups in total. The van der Waals surface area contributed by atoms with Crippen LogP contribution in [0, 0.1) is 4.78 Å². The molecule has 18 heavy (non-hydrogen) atoms. The second-order valence-corrected chi connectivity index (χ2v) is 5.67. The van der Waals surface area contributed by atoms with Crippen molar-refractivity contribution in [1.82, 2.24) is 4.98 Å². The molecule has 3 rings (SSSR count). The average molecular weight is 280 g/mol. The first-order chi connectivity index (χ1) is 8.85. The van der Waals surface area contributed by atoms with E-state index >= 15 is 0 Å².